The summed E-state index contributed by atoms with van der Waals surface area (Å²) >= 11 is 0. The fraction of sp³-hybridized carbons (Fsp3) is 0.360. The van der Waals surface area contributed by atoms with Crippen LogP contribution < -0.4 is 21.1 Å². The van der Waals surface area contributed by atoms with E-state index in [2.05, 4.69) is 5.09 Å². The molecule has 5 unspecified atom stereocenters. The summed E-state index contributed by atoms with van der Waals surface area (Å²) in [4.78, 5) is 25.6. The first-order valence-corrected chi connectivity index (χ1v) is 13.4. The zero-order chi connectivity index (χ0) is 28.2. The lowest BCUT2D eigenvalue weighted by Gasteiger charge is -2.24. The van der Waals surface area contributed by atoms with Gasteiger partial charge in [-0.2, -0.15) is 0 Å². The molecule has 39 heavy (non-hydrogen) atoms. The molecular formula is C25H28F2N3O8P. The second kappa shape index (κ2) is 11.9. The largest absolute Gasteiger partial charge is 0.494 e. The van der Waals surface area contributed by atoms with Crippen LogP contribution in [0.25, 0.3) is 0 Å². The molecule has 2 heterocycles. The van der Waals surface area contributed by atoms with Gasteiger partial charge < -0.3 is 14.6 Å². The number of alkyl halides is 1. The maximum absolute atomic E-state index is 15.5. The van der Waals surface area contributed by atoms with E-state index in [1.165, 1.54) is 19.2 Å². The molecule has 0 bridgehead atoms. The van der Waals surface area contributed by atoms with Gasteiger partial charge in [0.1, 0.15) is 12.2 Å². The van der Waals surface area contributed by atoms with Crippen LogP contribution in [0.15, 0.2) is 70.4 Å². The van der Waals surface area contributed by atoms with Crippen molar-refractivity contribution in [3.8, 4) is 5.75 Å². The van der Waals surface area contributed by atoms with E-state index in [1.807, 2.05) is 11.1 Å². The van der Waals surface area contributed by atoms with Crippen molar-refractivity contribution in [1.82, 2.24) is 14.6 Å². The van der Waals surface area contributed by atoms with Gasteiger partial charge in [-0.25, -0.2) is 23.2 Å². The summed E-state index contributed by atoms with van der Waals surface area (Å²) in [6, 6.07) is 14.0. The van der Waals surface area contributed by atoms with E-state index < -0.39 is 55.5 Å². The van der Waals surface area contributed by atoms with Crippen LogP contribution in [-0.2, 0) is 31.5 Å². The number of aromatic amines is 1. The number of aliphatic hydroxyl groups is 1. The smallest absolute Gasteiger partial charge is 0.406 e. The van der Waals surface area contributed by atoms with Gasteiger partial charge in [-0.05, 0) is 30.2 Å². The molecule has 0 saturated carbocycles. The molecule has 1 aromatic heterocycles. The number of hydrogen-bond acceptors (Lipinski definition) is 8. The predicted molar refractivity (Wildman–Crippen MR) is 135 cm³/mol. The highest BCUT2D eigenvalue weighted by molar-refractivity contribution is 7.51. The molecule has 1 fully saturated rings. The van der Waals surface area contributed by atoms with Crippen molar-refractivity contribution in [2.24, 2.45) is 0 Å². The number of halogens is 2. The lowest BCUT2D eigenvalue weighted by molar-refractivity contribution is -0.0599. The summed E-state index contributed by atoms with van der Waals surface area (Å²) in [5.41, 5.74) is -3.00. The number of aliphatic hydroxyl groups excluding tert-OH is 1. The zero-order valence-corrected chi connectivity index (χ0v) is 22.0. The SMILES string of the molecule is COc1ccc(COP(=O)(NCc2ccccc2)OCC2OC(n3ccc(=O)[nH]c3=O)C(C)(F)C2O)cc1F. The van der Waals surface area contributed by atoms with E-state index in [0.717, 1.165) is 35.4 Å². The Labute approximate surface area is 221 Å². The quantitative estimate of drug-likeness (QED) is 0.298. The highest BCUT2D eigenvalue weighted by Crippen LogP contribution is 2.47. The van der Waals surface area contributed by atoms with Crippen molar-refractivity contribution in [1.29, 1.82) is 0 Å². The lowest BCUT2D eigenvalue weighted by Crippen LogP contribution is -2.43. The van der Waals surface area contributed by atoms with Crippen LogP contribution in [0.3, 0.4) is 0 Å². The molecule has 1 saturated heterocycles. The molecule has 0 aliphatic carbocycles. The van der Waals surface area contributed by atoms with Gasteiger partial charge in [0.15, 0.2) is 23.5 Å². The zero-order valence-electron chi connectivity index (χ0n) is 21.1. The molecule has 0 spiro atoms. The summed E-state index contributed by atoms with van der Waals surface area (Å²) in [7, 11) is -2.82. The molecule has 1 aliphatic rings. The van der Waals surface area contributed by atoms with Crippen molar-refractivity contribution in [3.05, 3.63) is 98.6 Å². The number of aromatic nitrogens is 2. The van der Waals surface area contributed by atoms with Crippen LogP contribution in [0.4, 0.5) is 8.78 Å². The topological polar surface area (TPSA) is 141 Å². The maximum atomic E-state index is 15.5. The van der Waals surface area contributed by atoms with Gasteiger partial charge >= 0.3 is 13.4 Å². The Morgan fingerprint density at radius 3 is 2.56 bits per heavy atom. The number of ether oxygens (including phenoxy) is 2. The average Bonchev–Trinajstić information content (AvgIpc) is 3.14. The minimum absolute atomic E-state index is 0.0261. The summed E-state index contributed by atoms with van der Waals surface area (Å²) in [6.07, 6.45) is -3.72. The Morgan fingerprint density at radius 1 is 1.15 bits per heavy atom. The van der Waals surface area contributed by atoms with Gasteiger partial charge in [0, 0.05) is 18.8 Å². The van der Waals surface area contributed by atoms with E-state index in [0.29, 0.717) is 5.56 Å². The van der Waals surface area contributed by atoms with Crippen LogP contribution in [0, 0.1) is 5.82 Å². The molecule has 5 atom stereocenters. The molecule has 210 valence electrons. The van der Waals surface area contributed by atoms with Gasteiger partial charge in [0.2, 0.25) is 0 Å². The van der Waals surface area contributed by atoms with E-state index in [-0.39, 0.29) is 18.9 Å². The standard InChI is InChI=1S/C25H28F2N3O8P/c1-25(27)22(32)20(38-23(25)30-11-10-21(31)29-24(30)33)15-37-39(34,28-13-16-6-4-3-5-7-16)36-14-17-8-9-19(35-2)18(26)12-17/h3-12,20,22-23,32H,13-15H2,1-2H3,(H,28,34)(H,29,31,33). The van der Waals surface area contributed by atoms with Gasteiger partial charge in [-0.1, -0.05) is 36.4 Å². The molecule has 0 radical (unpaired) electrons. The predicted octanol–water partition coefficient (Wildman–Crippen LogP) is 2.80. The minimum atomic E-state index is -4.15. The molecule has 1 aliphatic heterocycles. The minimum Gasteiger partial charge on any atom is -0.494 e. The van der Waals surface area contributed by atoms with E-state index >= 15 is 4.39 Å². The normalized spacial score (nSPS) is 24.4. The van der Waals surface area contributed by atoms with E-state index in [9.17, 15) is 23.7 Å². The number of H-pyrrole nitrogens is 1. The Hall–Kier alpha value is -3.19. The molecule has 4 rings (SSSR count). The summed E-state index contributed by atoms with van der Waals surface area (Å²) < 4.78 is 65.6. The first kappa shape index (κ1) is 28.8. The Bertz CT molecular complexity index is 1450. The van der Waals surface area contributed by atoms with Crippen LogP contribution in [0.2, 0.25) is 0 Å². The second-order valence-electron chi connectivity index (χ2n) is 9.00. The fourth-order valence-corrected chi connectivity index (χ4v) is 5.30. The molecule has 3 N–H and O–H groups in total. The number of nitrogens with one attached hydrogen (secondary N) is 2. The number of nitrogens with zero attached hydrogens (tertiary/aromatic N) is 1. The Morgan fingerprint density at radius 2 is 1.90 bits per heavy atom. The number of benzene rings is 2. The average molecular weight is 567 g/mol. The maximum Gasteiger partial charge on any atom is 0.406 e. The van der Waals surface area contributed by atoms with Gasteiger partial charge in [-0.3, -0.25) is 23.4 Å². The van der Waals surface area contributed by atoms with Gasteiger partial charge in [0.05, 0.1) is 20.3 Å². The highest BCUT2D eigenvalue weighted by atomic mass is 31.2. The van der Waals surface area contributed by atoms with E-state index in [1.54, 1.807) is 24.3 Å². The highest BCUT2D eigenvalue weighted by Gasteiger charge is 2.55. The van der Waals surface area contributed by atoms with Crippen LogP contribution in [-0.4, -0.2) is 46.3 Å². The van der Waals surface area contributed by atoms with Crippen LogP contribution in [0.1, 0.15) is 24.3 Å². The summed E-state index contributed by atoms with van der Waals surface area (Å²) in [6.45, 7) is 0.191. The van der Waals surface area contributed by atoms with Gasteiger partial charge in [-0.15, -0.1) is 0 Å². The van der Waals surface area contributed by atoms with Crippen molar-refractivity contribution in [2.75, 3.05) is 13.7 Å². The third-order valence-electron chi connectivity index (χ3n) is 6.17. The monoisotopic (exact) mass is 567 g/mol. The van der Waals surface area contributed by atoms with Crippen molar-refractivity contribution < 1.29 is 37.0 Å². The molecule has 2 aromatic carbocycles. The third kappa shape index (κ3) is 6.70. The first-order valence-electron chi connectivity index (χ1n) is 11.9. The molecule has 14 heteroatoms. The fourth-order valence-electron chi connectivity index (χ4n) is 4.01. The third-order valence-corrected chi connectivity index (χ3v) is 7.67. The Kier molecular flexibility index (Phi) is 8.80. The number of rotatable bonds is 11. The lowest BCUT2D eigenvalue weighted by atomic mass is 9.98. The molecule has 0 amide bonds. The molecule has 11 nitrogen and oxygen atoms in total. The number of methoxy groups -OCH3 is 1. The molecular weight excluding hydrogens is 539 g/mol. The van der Waals surface area contributed by atoms with Crippen molar-refractivity contribution >= 4 is 7.75 Å². The van der Waals surface area contributed by atoms with Crippen LogP contribution in [0.5, 0.6) is 5.75 Å². The summed E-state index contributed by atoms with van der Waals surface area (Å²) in [5.74, 6) is -0.613. The summed E-state index contributed by atoms with van der Waals surface area (Å²) in [5, 5.41) is 13.3. The van der Waals surface area contributed by atoms with E-state index in [4.69, 9.17) is 18.5 Å². The Balaban J connectivity index is 1.50. The van der Waals surface area contributed by atoms with Gasteiger partial charge in [0.25, 0.3) is 5.56 Å². The molecule has 3 aromatic rings. The van der Waals surface area contributed by atoms with Crippen molar-refractivity contribution in [3.63, 3.8) is 0 Å². The first-order chi connectivity index (χ1) is 18.5. The number of hydrogen-bond donors (Lipinski definition) is 3. The second-order valence-corrected chi connectivity index (χ2v) is 10.8. The van der Waals surface area contributed by atoms with Crippen LogP contribution >= 0.6 is 7.75 Å². The van der Waals surface area contributed by atoms with Crippen molar-refractivity contribution in [2.45, 2.75) is 44.2 Å².